The van der Waals surface area contributed by atoms with Gasteiger partial charge in [-0.25, -0.2) is 4.39 Å². The normalized spacial score (nSPS) is 19.0. The molecule has 1 unspecified atom stereocenters. The van der Waals surface area contributed by atoms with Crippen molar-refractivity contribution in [2.45, 2.75) is 45.1 Å². The molecule has 1 aliphatic carbocycles. The van der Waals surface area contributed by atoms with Gasteiger partial charge in [0.15, 0.2) is 0 Å². The summed E-state index contributed by atoms with van der Waals surface area (Å²) in [6, 6.07) is 5.31. The summed E-state index contributed by atoms with van der Waals surface area (Å²) in [6.45, 7) is 2.18. The minimum Gasteiger partial charge on any atom is -0.382 e. The summed E-state index contributed by atoms with van der Waals surface area (Å²) in [6.07, 6.45) is 6.57. The third-order valence-electron chi connectivity index (χ3n) is 3.67. The maximum absolute atomic E-state index is 13.3. The molecule has 1 nitrogen and oxygen atoms in total. The van der Waals surface area contributed by atoms with Crippen molar-refractivity contribution < 1.29 is 4.39 Å². The van der Waals surface area contributed by atoms with E-state index in [0.717, 1.165) is 5.69 Å². The molecule has 94 valence electrons. The third-order valence-corrected chi connectivity index (χ3v) is 3.98. The topological polar surface area (TPSA) is 12.0 Å². The first-order valence-electron chi connectivity index (χ1n) is 6.38. The van der Waals surface area contributed by atoms with Crippen LogP contribution in [0.2, 0.25) is 5.02 Å². The van der Waals surface area contributed by atoms with Gasteiger partial charge in [0.05, 0.1) is 5.02 Å². The number of nitrogens with one attached hydrogen (secondary N) is 1. The van der Waals surface area contributed by atoms with Crippen LogP contribution in [0.4, 0.5) is 10.1 Å². The largest absolute Gasteiger partial charge is 0.382 e. The number of hydrogen-bond donors (Lipinski definition) is 1. The molecule has 1 aromatic rings. The van der Waals surface area contributed by atoms with E-state index in [1.807, 2.05) is 6.07 Å². The monoisotopic (exact) mass is 255 g/mol. The summed E-state index contributed by atoms with van der Waals surface area (Å²) >= 11 is 5.66. The van der Waals surface area contributed by atoms with E-state index in [1.54, 1.807) is 6.07 Å². The van der Waals surface area contributed by atoms with Crippen LogP contribution in [-0.4, -0.2) is 6.04 Å². The molecule has 1 aromatic carbocycles. The summed E-state index contributed by atoms with van der Waals surface area (Å²) in [5.74, 6) is 0.356. The van der Waals surface area contributed by atoms with Crippen molar-refractivity contribution in [2.75, 3.05) is 5.32 Å². The molecule has 1 atom stereocenters. The van der Waals surface area contributed by atoms with Crippen LogP contribution in [0, 0.1) is 11.7 Å². The van der Waals surface area contributed by atoms with Crippen molar-refractivity contribution in [1.29, 1.82) is 0 Å². The minimum absolute atomic E-state index is 0.181. The van der Waals surface area contributed by atoms with Gasteiger partial charge in [-0.2, -0.15) is 0 Å². The molecule has 0 radical (unpaired) electrons. The highest BCUT2D eigenvalue weighted by Crippen LogP contribution is 2.28. The summed E-state index contributed by atoms with van der Waals surface area (Å²) in [5.41, 5.74) is 0.824. The van der Waals surface area contributed by atoms with Gasteiger partial charge in [-0.3, -0.25) is 0 Å². The molecule has 1 fully saturated rings. The zero-order chi connectivity index (χ0) is 12.3. The SMILES string of the molecule is CC(Nc1ccc(Cl)c(F)c1)C1CCCCC1. The average Bonchev–Trinajstić information content (AvgIpc) is 2.35. The van der Waals surface area contributed by atoms with E-state index in [-0.39, 0.29) is 10.8 Å². The van der Waals surface area contributed by atoms with Gasteiger partial charge < -0.3 is 5.32 Å². The van der Waals surface area contributed by atoms with Crippen molar-refractivity contribution in [2.24, 2.45) is 5.92 Å². The Morgan fingerprint density at radius 2 is 2.00 bits per heavy atom. The molecule has 0 aromatic heterocycles. The molecule has 17 heavy (non-hydrogen) atoms. The molecule has 0 heterocycles. The van der Waals surface area contributed by atoms with Gasteiger partial charge in [0, 0.05) is 11.7 Å². The molecular formula is C14H19ClFN. The van der Waals surface area contributed by atoms with E-state index >= 15 is 0 Å². The first kappa shape index (κ1) is 12.7. The number of anilines is 1. The second-order valence-electron chi connectivity index (χ2n) is 4.96. The van der Waals surface area contributed by atoms with Crippen LogP contribution < -0.4 is 5.32 Å². The van der Waals surface area contributed by atoms with Crippen molar-refractivity contribution in [3.63, 3.8) is 0 Å². The van der Waals surface area contributed by atoms with Crippen LogP contribution in [0.15, 0.2) is 18.2 Å². The predicted molar refractivity (Wildman–Crippen MR) is 71.1 cm³/mol. The molecule has 3 heteroatoms. The smallest absolute Gasteiger partial charge is 0.143 e. The fourth-order valence-electron chi connectivity index (χ4n) is 2.60. The number of rotatable bonds is 3. The third kappa shape index (κ3) is 3.35. The van der Waals surface area contributed by atoms with Crippen LogP contribution in [0.3, 0.4) is 0 Å². The van der Waals surface area contributed by atoms with Crippen LogP contribution >= 0.6 is 11.6 Å². The second kappa shape index (κ2) is 5.72. The zero-order valence-corrected chi connectivity index (χ0v) is 10.9. The Morgan fingerprint density at radius 3 is 2.65 bits per heavy atom. The first-order valence-corrected chi connectivity index (χ1v) is 6.76. The fraction of sp³-hybridized carbons (Fsp3) is 0.571. The Morgan fingerprint density at radius 1 is 1.29 bits per heavy atom. The van der Waals surface area contributed by atoms with E-state index in [9.17, 15) is 4.39 Å². The second-order valence-corrected chi connectivity index (χ2v) is 5.37. The summed E-state index contributed by atoms with van der Waals surface area (Å²) in [7, 11) is 0. The first-order chi connectivity index (χ1) is 8.16. The maximum Gasteiger partial charge on any atom is 0.143 e. The lowest BCUT2D eigenvalue weighted by atomic mass is 9.84. The minimum atomic E-state index is -0.354. The molecule has 0 amide bonds. The lowest BCUT2D eigenvalue weighted by Gasteiger charge is -2.29. The maximum atomic E-state index is 13.3. The van der Waals surface area contributed by atoms with Crippen LogP contribution in [0.1, 0.15) is 39.0 Å². The molecule has 0 aliphatic heterocycles. The van der Waals surface area contributed by atoms with Gasteiger partial charge in [-0.05, 0) is 43.9 Å². The Bertz CT molecular complexity index is 374. The molecule has 1 saturated carbocycles. The number of benzene rings is 1. The highest BCUT2D eigenvalue weighted by molar-refractivity contribution is 6.30. The molecule has 1 aliphatic rings. The number of hydrogen-bond acceptors (Lipinski definition) is 1. The van der Waals surface area contributed by atoms with E-state index in [1.165, 1.54) is 38.2 Å². The summed E-state index contributed by atoms with van der Waals surface area (Å²) < 4.78 is 13.3. The zero-order valence-electron chi connectivity index (χ0n) is 10.2. The standard InChI is InChI=1S/C14H19ClFN/c1-10(11-5-3-2-4-6-11)17-12-7-8-13(15)14(16)9-12/h7-11,17H,2-6H2,1H3. The molecule has 0 spiro atoms. The molecule has 0 bridgehead atoms. The summed E-state index contributed by atoms with van der Waals surface area (Å²) in [4.78, 5) is 0. The van der Waals surface area contributed by atoms with Crippen LogP contribution in [-0.2, 0) is 0 Å². The van der Waals surface area contributed by atoms with Crippen molar-refractivity contribution in [3.05, 3.63) is 29.0 Å². The average molecular weight is 256 g/mol. The Balaban J connectivity index is 1.96. The van der Waals surface area contributed by atoms with Gasteiger partial charge >= 0.3 is 0 Å². The molecular weight excluding hydrogens is 237 g/mol. The van der Waals surface area contributed by atoms with Crippen LogP contribution in [0.25, 0.3) is 0 Å². The predicted octanol–water partition coefficient (Wildman–Crippen LogP) is 4.86. The van der Waals surface area contributed by atoms with Crippen LogP contribution in [0.5, 0.6) is 0 Å². The Hall–Kier alpha value is -0.760. The molecule has 0 saturated heterocycles. The van der Waals surface area contributed by atoms with Gasteiger partial charge in [0.2, 0.25) is 0 Å². The molecule has 1 N–H and O–H groups in total. The van der Waals surface area contributed by atoms with E-state index in [0.29, 0.717) is 12.0 Å². The highest BCUT2D eigenvalue weighted by Gasteiger charge is 2.19. The van der Waals surface area contributed by atoms with E-state index < -0.39 is 0 Å². The Labute approximate surface area is 107 Å². The lowest BCUT2D eigenvalue weighted by molar-refractivity contribution is 0.328. The van der Waals surface area contributed by atoms with Gasteiger partial charge in [-0.15, -0.1) is 0 Å². The molecule has 2 rings (SSSR count). The van der Waals surface area contributed by atoms with E-state index in [4.69, 9.17) is 11.6 Å². The summed E-state index contributed by atoms with van der Waals surface area (Å²) in [5, 5.41) is 3.56. The van der Waals surface area contributed by atoms with Crippen molar-refractivity contribution in [3.8, 4) is 0 Å². The Kier molecular flexibility index (Phi) is 4.27. The van der Waals surface area contributed by atoms with Gasteiger partial charge in [-0.1, -0.05) is 30.9 Å². The van der Waals surface area contributed by atoms with E-state index in [2.05, 4.69) is 12.2 Å². The number of halogens is 2. The van der Waals surface area contributed by atoms with Crippen molar-refractivity contribution >= 4 is 17.3 Å². The fourth-order valence-corrected chi connectivity index (χ4v) is 2.72. The van der Waals surface area contributed by atoms with Gasteiger partial charge in [0.25, 0.3) is 0 Å². The van der Waals surface area contributed by atoms with Gasteiger partial charge in [0.1, 0.15) is 5.82 Å². The highest BCUT2D eigenvalue weighted by atomic mass is 35.5. The lowest BCUT2D eigenvalue weighted by Crippen LogP contribution is -2.27. The van der Waals surface area contributed by atoms with Crippen molar-refractivity contribution in [1.82, 2.24) is 0 Å². The quantitative estimate of drug-likeness (QED) is 0.813.